The van der Waals surface area contributed by atoms with Crippen LogP contribution in [0.25, 0.3) is 5.69 Å². The van der Waals surface area contributed by atoms with Crippen molar-refractivity contribution < 1.29 is 4.79 Å². The van der Waals surface area contributed by atoms with Crippen LogP contribution >= 0.6 is 12.2 Å². The summed E-state index contributed by atoms with van der Waals surface area (Å²) in [6, 6.07) is 28.0. The maximum Gasteiger partial charge on any atom is 0.226 e. The van der Waals surface area contributed by atoms with Crippen molar-refractivity contribution in [2.75, 3.05) is 11.9 Å². The van der Waals surface area contributed by atoms with Gasteiger partial charge in [0.1, 0.15) is 0 Å². The second-order valence-corrected chi connectivity index (χ2v) is 9.44. The van der Waals surface area contributed by atoms with Crippen LogP contribution in [0.2, 0.25) is 0 Å². The Morgan fingerprint density at radius 1 is 0.972 bits per heavy atom. The van der Waals surface area contributed by atoms with Gasteiger partial charge in [0.15, 0.2) is 5.11 Å². The second-order valence-electron chi connectivity index (χ2n) is 9.05. The minimum absolute atomic E-state index is 0.0451. The Hall–Kier alpha value is -3.97. The van der Waals surface area contributed by atoms with E-state index in [0.717, 1.165) is 34.0 Å². The Labute approximate surface area is 217 Å². The summed E-state index contributed by atoms with van der Waals surface area (Å²) in [5, 5.41) is 7.11. The molecule has 1 amide bonds. The maximum absolute atomic E-state index is 12.8. The number of amides is 1. The topological polar surface area (TPSA) is 62.2 Å². The predicted octanol–water partition coefficient (Wildman–Crippen LogP) is 5.49. The van der Waals surface area contributed by atoms with Gasteiger partial charge in [-0.2, -0.15) is 0 Å². The molecule has 1 saturated heterocycles. The van der Waals surface area contributed by atoms with E-state index in [1.807, 2.05) is 67.6 Å². The normalized spacial score (nSPS) is 17.2. The number of nitrogens with one attached hydrogen (secondary N) is 2. The molecular formula is C29H29N5OS. The highest BCUT2D eigenvalue weighted by atomic mass is 32.1. The van der Waals surface area contributed by atoms with Gasteiger partial charge in [-0.3, -0.25) is 9.78 Å². The van der Waals surface area contributed by atoms with Crippen molar-refractivity contribution in [1.82, 2.24) is 19.8 Å². The van der Waals surface area contributed by atoms with Crippen LogP contribution in [0.4, 0.5) is 5.69 Å². The fraction of sp³-hybridized carbons (Fsp3) is 0.207. The molecule has 36 heavy (non-hydrogen) atoms. The SMILES string of the molecule is Cc1ccc(NC(=O)CCN2C(=S)N[C@H](c3ccccn3)[C@H]2c2ccc(C)n2-c2ccccc2)cc1. The molecule has 4 aromatic rings. The molecule has 1 aliphatic rings. The number of nitrogens with zero attached hydrogens (tertiary/aromatic N) is 3. The van der Waals surface area contributed by atoms with E-state index in [0.29, 0.717) is 18.1 Å². The molecule has 0 saturated carbocycles. The number of pyridine rings is 1. The fourth-order valence-corrected chi connectivity index (χ4v) is 5.10. The van der Waals surface area contributed by atoms with Gasteiger partial charge in [-0.1, -0.05) is 42.0 Å². The lowest BCUT2D eigenvalue weighted by molar-refractivity contribution is -0.116. The van der Waals surface area contributed by atoms with Crippen LogP contribution < -0.4 is 10.6 Å². The third-order valence-corrected chi connectivity index (χ3v) is 6.89. The van der Waals surface area contributed by atoms with E-state index >= 15 is 0 Å². The van der Waals surface area contributed by atoms with Crippen LogP contribution in [0.3, 0.4) is 0 Å². The lowest BCUT2D eigenvalue weighted by Gasteiger charge is -2.29. The average molecular weight is 496 g/mol. The van der Waals surface area contributed by atoms with Gasteiger partial charge in [0.25, 0.3) is 0 Å². The van der Waals surface area contributed by atoms with Gasteiger partial charge in [0, 0.05) is 41.9 Å². The first-order valence-corrected chi connectivity index (χ1v) is 12.5. The van der Waals surface area contributed by atoms with E-state index in [4.69, 9.17) is 12.2 Å². The van der Waals surface area contributed by atoms with Gasteiger partial charge >= 0.3 is 0 Å². The number of anilines is 1. The number of rotatable bonds is 7. The molecular weight excluding hydrogens is 466 g/mol. The lowest BCUT2D eigenvalue weighted by Crippen LogP contribution is -2.33. The summed E-state index contributed by atoms with van der Waals surface area (Å²) in [5.41, 5.74) is 6.18. The van der Waals surface area contributed by atoms with Crippen molar-refractivity contribution >= 4 is 28.9 Å². The highest BCUT2D eigenvalue weighted by molar-refractivity contribution is 7.80. The highest BCUT2D eigenvalue weighted by Gasteiger charge is 2.41. The summed E-state index contributed by atoms with van der Waals surface area (Å²) in [6.07, 6.45) is 2.11. The minimum Gasteiger partial charge on any atom is -0.352 e. The molecule has 0 radical (unpaired) electrons. The van der Waals surface area contributed by atoms with E-state index in [9.17, 15) is 4.79 Å². The minimum atomic E-state index is -0.143. The van der Waals surface area contributed by atoms with Gasteiger partial charge < -0.3 is 20.1 Å². The zero-order chi connectivity index (χ0) is 25.1. The Morgan fingerprint density at radius 3 is 2.44 bits per heavy atom. The fourth-order valence-electron chi connectivity index (χ4n) is 4.77. The van der Waals surface area contributed by atoms with Gasteiger partial charge in [0.2, 0.25) is 5.91 Å². The van der Waals surface area contributed by atoms with E-state index in [1.54, 1.807) is 6.20 Å². The molecule has 0 aliphatic carbocycles. The lowest BCUT2D eigenvalue weighted by atomic mass is 10.0. The standard InChI is InChI=1S/C29H29N5OS/c1-20-11-14-22(15-12-20)31-26(35)17-19-33-28(27(32-29(33)36)24-10-6-7-18-30-24)25-16-13-21(2)34(25)23-8-4-3-5-9-23/h3-16,18,27-28H,17,19H2,1-2H3,(H,31,35)(H,32,36)/t27-,28-/m1/s1. The zero-order valence-corrected chi connectivity index (χ0v) is 21.2. The molecule has 5 rings (SSSR count). The van der Waals surface area contributed by atoms with E-state index < -0.39 is 0 Å². The first kappa shape index (κ1) is 23.8. The third-order valence-electron chi connectivity index (χ3n) is 6.54. The molecule has 3 heterocycles. The van der Waals surface area contributed by atoms with Crippen LogP contribution in [0.15, 0.2) is 91.1 Å². The Kier molecular flexibility index (Phi) is 6.82. The number of aryl methyl sites for hydroxylation is 2. The number of benzene rings is 2. The number of hydrogen-bond acceptors (Lipinski definition) is 3. The zero-order valence-electron chi connectivity index (χ0n) is 20.4. The monoisotopic (exact) mass is 495 g/mol. The maximum atomic E-state index is 12.8. The molecule has 6 nitrogen and oxygen atoms in total. The Morgan fingerprint density at radius 2 is 1.72 bits per heavy atom. The van der Waals surface area contributed by atoms with Crippen molar-refractivity contribution in [3.05, 3.63) is 114 Å². The van der Waals surface area contributed by atoms with Crippen molar-refractivity contribution in [3.8, 4) is 5.69 Å². The van der Waals surface area contributed by atoms with E-state index in [1.165, 1.54) is 0 Å². The number of carbonyl (C=O) groups excluding carboxylic acids is 1. The highest BCUT2D eigenvalue weighted by Crippen LogP contribution is 2.40. The summed E-state index contributed by atoms with van der Waals surface area (Å²) in [4.78, 5) is 19.6. The number of para-hydroxylation sites is 1. The number of carbonyl (C=O) groups is 1. The summed E-state index contributed by atoms with van der Waals surface area (Å²) in [6.45, 7) is 4.61. The average Bonchev–Trinajstić information content (AvgIpc) is 3.44. The first-order chi connectivity index (χ1) is 17.5. The first-order valence-electron chi connectivity index (χ1n) is 12.1. The van der Waals surface area contributed by atoms with E-state index in [-0.39, 0.29) is 18.0 Å². The molecule has 2 atom stereocenters. The Bertz CT molecular complexity index is 1350. The van der Waals surface area contributed by atoms with Gasteiger partial charge in [-0.25, -0.2) is 0 Å². The molecule has 0 bridgehead atoms. The predicted molar refractivity (Wildman–Crippen MR) is 147 cm³/mol. The van der Waals surface area contributed by atoms with Crippen molar-refractivity contribution in [2.24, 2.45) is 0 Å². The second kappa shape index (κ2) is 10.3. The van der Waals surface area contributed by atoms with Crippen molar-refractivity contribution in [3.63, 3.8) is 0 Å². The molecule has 0 unspecified atom stereocenters. The Balaban J connectivity index is 1.45. The summed E-state index contributed by atoms with van der Waals surface area (Å²) < 4.78 is 2.26. The smallest absolute Gasteiger partial charge is 0.226 e. The molecule has 2 N–H and O–H groups in total. The number of aromatic nitrogens is 2. The molecule has 182 valence electrons. The molecule has 2 aromatic heterocycles. The molecule has 0 spiro atoms. The van der Waals surface area contributed by atoms with Crippen molar-refractivity contribution in [1.29, 1.82) is 0 Å². The molecule has 2 aromatic carbocycles. The quantitative estimate of drug-likeness (QED) is 0.332. The molecule has 1 fully saturated rings. The van der Waals surface area contributed by atoms with Gasteiger partial charge in [0.05, 0.1) is 17.8 Å². The van der Waals surface area contributed by atoms with Crippen molar-refractivity contribution in [2.45, 2.75) is 32.4 Å². The third kappa shape index (κ3) is 4.88. The molecule has 1 aliphatic heterocycles. The van der Waals surface area contributed by atoms with Crippen LogP contribution in [-0.2, 0) is 4.79 Å². The van der Waals surface area contributed by atoms with Crippen LogP contribution in [-0.4, -0.2) is 32.0 Å². The van der Waals surface area contributed by atoms with Gasteiger partial charge in [-0.05, 0) is 74.6 Å². The largest absolute Gasteiger partial charge is 0.352 e. The molecule has 7 heteroatoms. The van der Waals surface area contributed by atoms with Crippen LogP contribution in [0, 0.1) is 13.8 Å². The number of thiocarbonyl (C=S) groups is 1. The number of hydrogen-bond donors (Lipinski definition) is 2. The van der Waals surface area contributed by atoms with E-state index in [2.05, 4.69) is 56.3 Å². The van der Waals surface area contributed by atoms with Gasteiger partial charge in [-0.15, -0.1) is 0 Å². The summed E-state index contributed by atoms with van der Waals surface area (Å²) in [5.74, 6) is -0.0451. The summed E-state index contributed by atoms with van der Waals surface area (Å²) >= 11 is 5.80. The van der Waals surface area contributed by atoms with Crippen LogP contribution in [0.1, 0.15) is 41.1 Å². The van der Waals surface area contributed by atoms with Crippen LogP contribution in [0.5, 0.6) is 0 Å². The summed E-state index contributed by atoms with van der Waals surface area (Å²) in [7, 11) is 0.